The van der Waals surface area contributed by atoms with Gasteiger partial charge in [0.05, 0.1) is 0 Å². The van der Waals surface area contributed by atoms with Gasteiger partial charge in [-0.3, -0.25) is 0 Å². The minimum absolute atomic E-state index is 0.164. The summed E-state index contributed by atoms with van der Waals surface area (Å²) in [5, 5.41) is 8.44. The van der Waals surface area contributed by atoms with Crippen LogP contribution in [0.15, 0.2) is 0 Å². The Hall–Kier alpha value is -0.900. The maximum atomic E-state index is 5.78. The Kier molecular flexibility index (Phi) is 2.54. The summed E-state index contributed by atoms with van der Waals surface area (Å²) in [4.78, 5) is 0. The fourth-order valence-electron chi connectivity index (χ4n) is 2.15. The van der Waals surface area contributed by atoms with E-state index in [4.69, 9.17) is 5.73 Å². The average Bonchev–Trinajstić information content (AvgIpc) is 2.49. The SMILES string of the molecule is CC(N)Cc1nnc2n1C(C)CCC2. The Morgan fingerprint density at radius 2 is 2.36 bits per heavy atom. The third-order valence-electron chi connectivity index (χ3n) is 2.80. The van der Waals surface area contributed by atoms with Gasteiger partial charge in [-0.25, -0.2) is 0 Å². The molecule has 0 fully saturated rings. The molecule has 0 amide bonds. The van der Waals surface area contributed by atoms with Crippen LogP contribution in [-0.2, 0) is 12.8 Å². The first-order valence-corrected chi connectivity index (χ1v) is 5.36. The molecule has 2 atom stereocenters. The van der Waals surface area contributed by atoms with Crippen LogP contribution in [0.1, 0.15) is 44.4 Å². The van der Waals surface area contributed by atoms with Crippen molar-refractivity contribution in [1.82, 2.24) is 14.8 Å². The molecule has 1 aliphatic heterocycles. The zero-order valence-electron chi connectivity index (χ0n) is 8.90. The van der Waals surface area contributed by atoms with Crippen LogP contribution in [0, 0.1) is 0 Å². The topological polar surface area (TPSA) is 56.7 Å². The van der Waals surface area contributed by atoms with Crippen LogP contribution in [0.2, 0.25) is 0 Å². The monoisotopic (exact) mass is 194 g/mol. The van der Waals surface area contributed by atoms with Gasteiger partial charge in [-0.2, -0.15) is 0 Å². The molecule has 0 radical (unpaired) electrons. The Morgan fingerprint density at radius 1 is 1.57 bits per heavy atom. The molecule has 2 N–H and O–H groups in total. The molecule has 2 rings (SSSR count). The Morgan fingerprint density at radius 3 is 3.07 bits per heavy atom. The summed E-state index contributed by atoms with van der Waals surface area (Å²) in [6.45, 7) is 4.24. The first-order valence-electron chi connectivity index (χ1n) is 5.36. The lowest BCUT2D eigenvalue weighted by Crippen LogP contribution is -2.23. The molecule has 2 heterocycles. The molecule has 0 spiro atoms. The maximum absolute atomic E-state index is 5.78. The molecule has 2 unspecified atom stereocenters. The second-order valence-electron chi connectivity index (χ2n) is 4.33. The molecule has 0 aromatic carbocycles. The molecule has 1 aromatic rings. The number of aromatic nitrogens is 3. The van der Waals surface area contributed by atoms with Crippen molar-refractivity contribution in [2.45, 2.75) is 51.6 Å². The van der Waals surface area contributed by atoms with E-state index >= 15 is 0 Å². The van der Waals surface area contributed by atoms with Crippen LogP contribution >= 0.6 is 0 Å². The van der Waals surface area contributed by atoms with E-state index in [0.717, 1.165) is 24.5 Å². The van der Waals surface area contributed by atoms with Crippen LogP contribution in [0.5, 0.6) is 0 Å². The summed E-state index contributed by atoms with van der Waals surface area (Å²) < 4.78 is 2.27. The summed E-state index contributed by atoms with van der Waals surface area (Å²) in [5.74, 6) is 2.20. The highest BCUT2D eigenvalue weighted by molar-refractivity contribution is 5.02. The first-order chi connectivity index (χ1) is 6.68. The number of hydrogen-bond acceptors (Lipinski definition) is 3. The normalized spacial score (nSPS) is 23.2. The van der Waals surface area contributed by atoms with Crippen LogP contribution in [0.25, 0.3) is 0 Å². The van der Waals surface area contributed by atoms with E-state index in [1.165, 1.54) is 12.8 Å². The highest BCUT2D eigenvalue weighted by Gasteiger charge is 2.21. The number of fused-ring (bicyclic) bond motifs is 1. The number of nitrogens with two attached hydrogens (primary N) is 1. The zero-order valence-corrected chi connectivity index (χ0v) is 8.90. The van der Waals surface area contributed by atoms with Gasteiger partial charge >= 0.3 is 0 Å². The maximum Gasteiger partial charge on any atom is 0.134 e. The van der Waals surface area contributed by atoms with Gasteiger partial charge in [0, 0.05) is 24.9 Å². The lowest BCUT2D eigenvalue weighted by atomic mass is 10.1. The van der Waals surface area contributed by atoms with E-state index < -0.39 is 0 Å². The quantitative estimate of drug-likeness (QED) is 0.766. The highest BCUT2D eigenvalue weighted by atomic mass is 15.3. The van der Waals surface area contributed by atoms with Crippen molar-refractivity contribution in [2.24, 2.45) is 5.73 Å². The molecule has 1 aromatic heterocycles. The average molecular weight is 194 g/mol. The molecule has 14 heavy (non-hydrogen) atoms. The zero-order chi connectivity index (χ0) is 10.1. The Bertz CT molecular complexity index is 316. The first kappa shape index (κ1) is 9.65. The van der Waals surface area contributed by atoms with Gasteiger partial charge in [0.15, 0.2) is 0 Å². The van der Waals surface area contributed by atoms with Gasteiger partial charge in [0.2, 0.25) is 0 Å². The van der Waals surface area contributed by atoms with Gasteiger partial charge in [-0.1, -0.05) is 0 Å². The molecular weight excluding hydrogens is 176 g/mol. The van der Waals surface area contributed by atoms with Crippen LogP contribution < -0.4 is 5.73 Å². The number of hydrogen-bond donors (Lipinski definition) is 1. The molecule has 78 valence electrons. The Labute approximate surface area is 84.5 Å². The summed E-state index contributed by atoms with van der Waals surface area (Å²) >= 11 is 0. The third-order valence-corrected chi connectivity index (χ3v) is 2.80. The van der Waals surface area contributed by atoms with Gasteiger partial charge < -0.3 is 10.3 Å². The van der Waals surface area contributed by atoms with Crippen molar-refractivity contribution in [1.29, 1.82) is 0 Å². The van der Waals surface area contributed by atoms with Gasteiger partial charge in [0.25, 0.3) is 0 Å². The fraction of sp³-hybridized carbons (Fsp3) is 0.800. The highest BCUT2D eigenvalue weighted by Crippen LogP contribution is 2.24. The van der Waals surface area contributed by atoms with E-state index in [-0.39, 0.29) is 6.04 Å². The van der Waals surface area contributed by atoms with E-state index in [9.17, 15) is 0 Å². The third kappa shape index (κ3) is 1.66. The predicted molar refractivity (Wildman–Crippen MR) is 55.0 cm³/mol. The fourth-order valence-corrected chi connectivity index (χ4v) is 2.15. The molecule has 4 nitrogen and oxygen atoms in total. The minimum atomic E-state index is 0.164. The molecule has 0 saturated carbocycles. The van der Waals surface area contributed by atoms with Gasteiger partial charge in [-0.15, -0.1) is 10.2 Å². The van der Waals surface area contributed by atoms with Crippen LogP contribution in [0.4, 0.5) is 0 Å². The molecule has 0 aliphatic carbocycles. The Balaban J connectivity index is 2.29. The largest absolute Gasteiger partial charge is 0.328 e. The minimum Gasteiger partial charge on any atom is -0.328 e. The van der Waals surface area contributed by atoms with Crippen molar-refractivity contribution in [3.8, 4) is 0 Å². The van der Waals surface area contributed by atoms with Crippen molar-refractivity contribution >= 4 is 0 Å². The number of rotatable bonds is 2. The second kappa shape index (κ2) is 3.69. The van der Waals surface area contributed by atoms with Gasteiger partial charge in [-0.05, 0) is 26.7 Å². The second-order valence-corrected chi connectivity index (χ2v) is 4.33. The lowest BCUT2D eigenvalue weighted by molar-refractivity contribution is 0.411. The molecular formula is C10H18N4. The van der Waals surface area contributed by atoms with E-state index in [1.807, 2.05) is 6.92 Å². The molecule has 0 saturated heterocycles. The predicted octanol–water partition coefficient (Wildman–Crippen LogP) is 1.07. The summed E-state index contributed by atoms with van der Waals surface area (Å²) in [5.41, 5.74) is 5.78. The van der Waals surface area contributed by atoms with Crippen molar-refractivity contribution in [3.05, 3.63) is 11.6 Å². The van der Waals surface area contributed by atoms with E-state index in [1.54, 1.807) is 0 Å². The van der Waals surface area contributed by atoms with Crippen molar-refractivity contribution < 1.29 is 0 Å². The summed E-state index contributed by atoms with van der Waals surface area (Å²) in [7, 11) is 0. The summed E-state index contributed by atoms with van der Waals surface area (Å²) in [6, 6.07) is 0.708. The van der Waals surface area contributed by atoms with E-state index in [2.05, 4.69) is 21.7 Å². The lowest BCUT2D eigenvalue weighted by Gasteiger charge is -2.22. The van der Waals surface area contributed by atoms with Crippen molar-refractivity contribution in [3.63, 3.8) is 0 Å². The standard InChI is InChI=1S/C10H18N4/c1-7(11)6-10-13-12-9-5-3-4-8(2)14(9)10/h7-8H,3-6,11H2,1-2H3. The van der Waals surface area contributed by atoms with E-state index in [0.29, 0.717) is 6.04 Å². The van der Waals surface area contributed by atoms with Crippen molar-refractivity contribution in [2.75, 3.05) is 0 Å². The van der Waals surface area contributed by atoms with Crippen LogP contribution in [0.3, 0.4) is 0 Å². The summed E-state index contributed by atoms with van der Waals surface area (Å²) in [6.07, 6.45) is 4.36. The van der Waals surface area contributed by atoms with Gasteiger partial charge in [0.1, 0.15) is 11.6 Å². The smallest absolute Gasteiger partial charge is 0.134 e. The number of aryl methyl sites for hydroxylation is 1. The number of nitrogens with zero attached hydrogens (tertiary/aromatic N) is 3. The molecule has 1 aliphatic rings. The molecule has 0 bridgehead atoms. The molecule has 4 heteroatoms. The van der Waals surface area contributed by atoms with Crippen LogP contribution in [-0.4, -0.2) is 20.8 Å².